The molecule has 3 aliphatic rings. The van der Waals surface area contributed by atoms with Crippen molar-refractivity contribution in [1.29, 1.82) is 0 Å². The van der Waals surface area contributed by atoms with Gasteiger partial charge in [0.2, 0.25) is 11.8 Å². The van der Waals surface area contributed by atoms with Gasteiger partial charge in [0.25, 0.3) is 0 Å². The molecule has 0 saturated carbocycles. The molecular weight excluding hydrogens is 326 g/mol. The highest BCUT2D eigenvalue weighted by molar-refractivity contribution is 6.05. The molecule has 2 aromatic heterocycles. The van der Waals surface area contributed by atoms with Crippen LogP contribution in [0.4, 0.5) is 0 Å². The van der Waals surface area contributed by atoms with Crippen LogP contribution in [0.5, 0.6) is 11.8 Å². The number of benzene rings is 2. The highest BCUT2D eigenvalue weighted by atomic mass is 16.3. The number of fused-ring (bicyclic) bond motifs is 4. The van der Waals surface area contributed by atoms with E-state index in [1.54, 1.807) is 4.57 Å². The third-order valence-electron chi connectivity index (χ3n) is 5.92. The van der Waals surface area contributed by atoms with Gasteiger partial charge in [-0.1, -0.05) is 30.4 Å². The normalized spacial score (nSPS) is 20.9. The number of hydrogen-bond acceptors (Lipinski definition) is 3. The summed E-state index contributed by atoms with van der Waals surface area (Å²) in [5, 5.41) is 23.9. The Morgan fingerprint density at radius 3 is 2.15 bits per heavy atom. The zero-order valence-corrected chi connectivity index (χ0v) is 14.0. The van der Waals surface area contributed by atoms with E-state index < -0.39 is 0 Å². The Morgan fingerprint density at radius 2 is 1.46 bits per heavy atom. The molecule has 7 rings (SSSR count). The molecule has 0 fully saturated rings. The van der Waals surface area contributed by atoms with Crippen LogP contribution in [-0.4, -0.2) is 14.8 Å². The second kappa shape index (κ2) is 4.73. The molecule has 0 spiro atoms. The summed E-state index contributed by atoms with van der Waals surface area (Å²) in [4.78, 5) is 0. The summed E-state index contributed by atoms with van der Waals surface area (Å²) in [7, 11) is 0. The Morgan fingerprint density at radius 1 is 0.808 bits per heavy atom. The standard InChI is InChI=1S/C22H17NO3/c24-21-19-12-5-6-13(8-7-12)20(19)22(25)23(21)14-9-10-16-15-3-1-2-4-17(15)26-18(16)11-14/h1-6,9-13,24-25H,7-8H2/t12-,13+. The zero-order chi connectivity index (χ0) is 17.4. The van der Waals surface area contributed by atoms with E-state index in [-0.39, 0.29) is 23.6 Å². The van der Waals surface area contributed by atoms with E-state index in [0.717, 1.165) is 45.9 Å². The van der Waals surface area contributed by atoms with Crippen molar-refractivity contribution in [3.63, 3.8) is 0 Å². The molecule has 0 amide bonds. The lowest BCUT2D eigenvalue weighted by atomic mass is 9.73. The van der Waals surface area contributed by atoms with E-state index in [0.29, 0.717) is 5.69 Å². The van der Waals surface area contributed by atoms with E-state index in [2.05, 4.69) is 12.2 Å². The zero-order valence-electron chi connectivity index (χ0n) is 14.0. The van der Waals surface area contributed by atoms with Gasteiger partial charge in [-0.05, 0) is 31.0 Å². The second-order valence-electron chi connectivity index (χ2n) is 7.26. The van der Waals surface area contributed by atoms with Crippen molar-refractivity contribution in [2.75, 3.05) is 0 Å². The Hall–Kier alpha value is -3.14. The van der Waals surface area contributed by atoms with Gasteiger partial charge in [0.1, 0.15) is 11.2 Å². The summed E-state index contributed by atoms with van der Waals surface area (Å²) in [6, 6.07) is 13.7. The average molecular weight is 343 g/mol. The molecule has 128 valence electrons. The molecule has 2 heterocycles. The van der Waals surface area contributed by atoms with E-state index in [9.17, 15) is 10.2 Å². The maximum Gasteiger partial charge on any atom is 0.202 e. The average Bonchev–Trinajstić information content (AvgIpc) is 3.18. The highest BCUT2D eigenvalue weighted by Crippen LogP contribution is 2.54. The molecule has 4 aromatic rings. The third kappa shape index (κ3) is 1.64. The number of furan rings is 1. The van der Waals surface area contributed by atoms with Crippen LogP contribution in [0, 0.1) is 0 Å². The molecule has 0 radical (unpaired) electrons. The molecule has 0 unspecified atom stereocenters. The van der Waals surface area contributed by atoms with Crippen LogP contribution >= 0.6 is 0 Å². The minimum absolute atomic E-state index is 0.145. The molecule has 2 N–H and O–H groups in total. The van der Waals surface area contributed by atoms with Crippen LogP contribution < -0.4 is 0 Å². The first-order valence-corrected chi connectivity index (χ1v) is 8.99. The summed E-state index contributed by atoms with van der Waals surface area (Å²) in [5.74, 6) is 0.674. The van der Waals surface area contributed by atoms with Crippen LogP contribution in [0.2, 0.25) is 0 Å². The van der Waals surface area contributed by atoms with Crippen LogP contribution in [-0.2, 0) is 0 Å². The van der Waals surface area contributed by atoms with E-state index in [4.69, 9.17) is 4.42 Å². The topological polar surface area (TPSA) is 58.5 Å². The molecule has 2 aromatic carbocycles. The van der Waals surface area contributed by atoms with E-state index in [1.165, 1.54) is 0 Å². The fraction of sp³-hybridized carbons (Fsp3) is 0.182. The van der Waals surface area contributed by atoms with Crippen molar-refractivity contribution in [1.82, 2.24) is 4.57 Å². The number of aromatic hydroxyl groups is 2. The molecule has 4 nitrogen and oxygen atoms in total. The Bertz CT molecular complexity index is 1190. The molecular formula is C22H17NO3. The number of nitrogens with zero attached hydrogens (tertiary/aromatic N) is 1. The molecule has 4 heteroatoms. The van der Waals surface area contributed by atoms with Crippen LogP contribution in [0.3, 0.4) is 0 Å². The SMILES string of the molecule is Oc1c2c(c(O)n1-c1ccc3c(c1)oc1ccccc13)[C@H]1C=C[C@@H]2CC1. The van der Waals surface area contributed by atoms with Crippen molar-refractivity contribution in [2.24, 2.45) is 0 Å². The first-order chi connectivity index (χ1) is 12.7. The largest absolute Gasteiger partial charge is 0.494 e. The van der Waals surface area contributed by atoms with E-state index >= 15 is 0 Å². The fourth-order valence-corrected chi connectivity index (χ4v) is 4.71. The van der Waals surface area contributed by atoms with Gasteiger partial charge in [0.05, 0.1) is 5.69 Å². The molecule has 2 atom stereocenters. The Kier molecular flexibility index (Phi) is 2.56. The minimum atomic E-state index is 0.145. The summed E-state index contributed by atoms with van der Waals surface area (Å²) in [6.45, 7) is 0. The van der Waals surface area contributed by atoms with Crippen molar-refractivity contribution >= 4 is 21.9 Å². The predicted octanol–water partition coefficient (Wildman–Crippen LogP) is 5.32. The van der Waals surface area contributed by atoms with Crippen molar-refractivity contribution in [3.05, 3.63) is 65.7 Å². The lowest BCUT2D eigenvalue weighted by Gasteiger charge is -2.30. The molecule has 3 aliphatic carbocycles. The number of para-hydroxylation sites is 1. The minimum Gasteiger partial charge on any atom is -0.494 e. The Labute approximate surface area is 149 Å². The lowest BCUT2D eigenvalue weighted by molar-refractivity contribution is 0.399. The number of rotatable bonds is 1. The predicted molar refractivity (Wildman–Crippen MR) is 100 cm³/mol. The van der Waals surface area contributed by atoms with Gasteiger partial charge in [0.15, 0.2) is 0 Å². The monoisotopic (exact) mass is 343 g/mol. The molecule has 0 aliphatic heterocycles. The first-order valence-electron chi connectivity index (χ1n) is 8.99. The molecule has 2 bridgehead atoms. The number of hydrogen-bond donors (Lipinski definition) is 2. The number of aromatic nitrogens is 1. The van der Waals surface area contributed by atoms with Gasteiger partial charge in [-0.25, -0.2) is 0 Å². The van der Waals surface area contributed by atoms with Crippen LogP contribution in [0.15, 0.2) is 59.0 Å². The smallest absolute Gasteiger partial charge is 0.202 e. The van der Waals surface area contributed by atoms with Gasteiger partial charge in [-0.15, -0.1) is 0 Å². The summed E-state index contributed by atoms with van der Waals surface area (Å²) in [6.07, 6.45) is 6.35. The van der Waals surface area contributed by atoms with Crippen molar-refractivity contribution < 1.29 is 14.6 Å². The van der Waals surface area contributed by atoms with Gasteiger partial charge in [-0.2, -0.15) is 0 Å². The maximum absolute atomic E-state index is 10.9. The first kappa shape index (κ1) is 14.1. The maximum atomic E-state index is 10.9. The van der Waals surface area contributed by atoms with Crippen molar-refractivity contribution in [3.8, 4) is 17.4 Å². The number of allylic oxidation sites excluding steroid dienone is 2. The van der Waals surface area contributed by atoms with Crippen LogP contribution in [0.1, 0.15) is 35.8 Å². The van der Waals surface area contributed by atoms with Crippen molar-refractivity contribution in [2.45, 2.75) is 24.7 Å². The summed E-state index contributed by atoms with van der Waals surface area (Å²) in [5.41, 5.74) is 4.05. The molecule has 26 heavy (non-hydrogen) atoms. The van der Waals surface area contributed by atoms with E-state index in [1.807, 2.05) is 42.5 Å². The van der Waals surface area contributed by atoms with Gasteiger partial charge < -0.3 is 14.6 Å². The highest BCUT2D eigenvalue weighted by Gasteiger charge is 2.38. The fourth-order valence-electron chi connectivity index (χ4n) is 4.71. The molecule has 0 saturated heterocycles. The third-order valence-corrected chi connectivity index (χ3v) is 5.92. The lowest BCUT2D eigenvalue weighted by Crippen LogP contribution is -2.15. The Balaban J connectivity index is 1.60. The summed E-state index contributed by atoms with van der Waals surface area (Å²) >= 11 is 0. The van der Waals surface area contributed by atoms with Gasteiger partial charge >= 0.3 is 0 Å². The second-order valence-corrected chi connectivity index (χ2v) is 7.26. The quantitative estimate of drug-likeness (QED) is 0.460. The van der Waals surface area contributed by atoms with Crippen LogP contribution in [0.25, 0.3) is 27.6 Å². The summed E-state index contributed by atoms with van der Waals surface area (Å²) < 4.78 is 7.51. The van der Waals surface area contributed by atoms with Gasteiger partial charge in [-0.3, -0.25) is 4.57 Å². The van der Waals surface area contributed by atoms with Gasteiger partial charge in [0, 0.05) is 39.8 Å².